The molecule has 0 aliphatic carbocycles. The Labute approximate surface area is 285 Å². The van der Waals surface area contributed by atoms with Gasteiger partial charge >= 0.3 is 0 Å². The number of carbonyl (C=O) groups excluding carboxylic acids is 4. The maximum atomic E-state index is 14.2. The largest absolute Gasteiger partial charge is 0.368 e. The minimum atomic E-state index is -1.12. The fraction of sp³-hybridized carbons (Fsp3) is 0.314. The number of piperidine rings is 1. The first-order valence-corrected chi connectivity index (χ1v) is 17.6. The molecule has 6 rings (SSSR count). The highest BCUT2D eigenvalue weighted by Gasteiger charge is 2.38. The molecule has 9 N–H and O–H groups in total. The number of thiophene rings is 2. The second kappa shape index (κ2) is 14.7. The van der Waals surface area contributed by atoms with Crippen molar-refractivity contribution in [3.05, 3.63) is 93.6 Å². The molecule has 4 heterocycles. The monoisotopic (exact) mass is 685 g/mol. The zero-order valence-corrected chi connectivity index (χ0v) is 27.9. The first-order chi connectivity index (χ1) is 23.2. The molecule has 250 valence electrons. The Morgan fingerprint density at radius 1 is 0.812 bits per heavy atom. The van der Waals surface area contributed by atoms with Crippen LogP contribution in [0.2, 0.25) is 0 Å². The molecule has 0 saturated carbocycles. The smallest absolute Gasteiger partial charge is 0.243 e. The Morgan fingerprint density at radius 2 is 1.50 bits per heavy atom. The van der Waals surface area contributed by atoms with Crippen molar-refractivity contribution in [1.82, 2.24) is 26.3 Å². The van der Waals surface area contributed by atoms with Crippen LogP contribution in [0, 0.1) is 0 Å². The number of fused-ring (bicyclic) bond motifs is 2. The highest BCUT2D eigenvalue weighted by molar-refractivity contribution is 7.19. The third kappa shape index (κ3) is 7.76. The molecule has 4 amide bonds. The number of rotatable bonds is 13. The molecule has 0 unspecified atom stereocenters. The van der Waals surface area contributed by atoms with Crippen molar-refractivity contribution >= 4 is 67.3 Å². The number of hydrogen-bond donors (Lipinski definition) is 7. The average molecular weight is 686 g/mol. The van der Waals surface area contributed by atoms with Gasteiger partial charge in [0.15, 0.2) is 0 Å². The molecular weight excluding hydrogens is 647 g/mol. The molecule has 1 aliphatic rings. The lowest BCUT2D eigenvalue weighted by atomic mass is 9.88. The number of nitrogens with one attached hydrogen (secondary N) is 5. The maximum absolute atomic E-state index is 14.2. The van der Waals surface area contributed by atoms with E-state index in [0.717, 1.165) is 36.3 Å². The summed E-state index contributed by atoms with van der Waals surface area (Å²) in [4.78, 5) is 59.2. The van der Waals surface area contributed by atoms with Crippen molar-refractivity contribution in [3.63, 3.8) is 0 Å². The van der Waals surface area contributed by atoms with Crippen LogP contribution in [0.4, 0.5) is 0 Å². The summed E-state index contributed by atoms with van der Waals surface area (Å²) in [7, 11) is 0. The molecule has 11 nitrogen and oxygen atoms in total. The van der Waals surface area contributed by atoms with E-state index in [1.165, 1.54) is 11.3 Å². The van der Waals surface area contributed by atoms with Crippen molar-refractivity contribution in [2.45, 2.75) is 55.8 Å². The van der Waals surface area contributed by atoms with E-state index in [0.29, 0.717) is 25.9 Å². The number of para-hydroxylation sites is 1. The number of benzene rings is 2. The van der Waals surface area contributed by atoms with Crippen LogP contribution in [0.15, 0.2) is 78.3 Å². The van der Waals surface area contributed by atoms with Crippen molar-refractivity contribution in [3.8, 4) is 0 Å². The molecule has 13 heteroatoms. The van der Waals surface area contributed by atoms with Gasteiger partial charge < -0.3 is 37.7 Å². The van der Waals surface area contributed by atoms with Crippen LogP contribution in [0.3, 0.4) is 0 Å². The summed E-state index contributed by atoms with van der Waals surface area (Å²) < 4.78 is 1.06. The average Bonchev–Trinajstić information content (AvgIpc) is 3.84. The summed E-state index contributed by atoms with van der Waals surface area (Å²) in [5.74, 6) is -2.19. The van der Waals surface area contributed by atoms with E-state index in [1.54, 1.807) is 17.5 Å². The van der Waals surface area contributed by atoms with Gasteiger partial charge in [-0.2, -0.15) is 0 Å². The number of amides is 4. The van der Waals surface area contributed by atoms with Crippen LogP contribution in [0.25, 0.3) is 21.0 Å². The minimum Gasteiger partial charge on any atom is -0.368 e. The third-order valence-corrected chi connectivity index (χ3v) is 10.9. The highest BCUT2D eigenvalue weighted by atomic mass is 32.1. The lowest BCUT2D eigenvalue weighted by molar-refractivity contribution is -0.134. The quantitative estimate of drug-likeness (QED) is 0.0999. The maximum Gasteiger partial charge on any atom is 0.243 e. The summed E-state index contributed by atoms with van der Waals surface area (Å²) in [6, 6.07) is 18.2. The number of carbonyl (C=O) groups is 4. The SMILES string of the molecule is NC(=O)[C@H](Cc1cccs1)NC(=O)[C@@H](Cc1c[nH]c2ccccc12)NC(=O)[C@@H](Cc1cc2ccccc2s1)NC(=O)C1(N)CCNCC1. The second-order valence-corrected chi connectivity index (χ2v) is 14.5. The minimum absolute atomic E-state index is 0.127. The zero-order valence-electron chi connectivity index (χ0n) is 26.3. The Hall–Kier alpha value is -4.56. The van der Waals surface area contributed by atoms with Crippen molar-refractivity contribution in [2.75, 3.05) is 13.1 Å². The lowest BCUT2D eigenvalue weighted by Crippen LogP contribution is -2.63. The van der Waals surface area contributed by atoms with E-state index >= 15 is 0 Å². The van der Waals surface area contributed by atoms with Gasteiger partial charge in [-0.05, 0) is 66.5 Å². The van der Waals surface area contributed by atoms with Crippen LogP contribution >= 0.6 is 22.7 Å². The van der Waals surface area contributed by atoms with Crippen LogP contribution < -0.4 is 32.7 Å². The third-order valence-electron chi connectivity index (χ3n) is 8.83. The van der Waals surface area contributed by atoms with E-state index < -0.39 is 47.3 Å². The molecule has 2 aromatic carbocycles. The summed E-state index contributed by atoms with van der Waals surface area (Å²) in [6.45, 7) is 1.19. The molecule has 1 fully saturated rings. The number of nitrogens with two attached hydrogens (primary N) is 2. The number of primary amides is 1. The summed E-state index contributed by atoms with van der Waals surface area (Å²) >= 11 is 3.00. The second-order valence-electron chi connectivity index (χ2n) is 12.3. The van der Waals surface area contributed by atoms with E-state index in [9.17, 15) is 19.2 Å². The summed E-state index contributed by atoms with van der Waals surface area (Å²) in [6.07, 6.45) is 3.22. The van der Waals surface area contributed by atoms with E-state index in [4.69, 9.17) is 11.5 Å². The van der Waals surface area contributed by atoms with Crippen LogP contribution in [-0.4, -0.2) is 65.4 Å². The van der Waals surface area contributed by atoms with Gasteiger partial charge in [0.2, 0.25) is 23.6 Å². The van der Waals surface area contributed by atoms with Gasteiger partial charge in [-0.15, -0.1) is 22.7 Å². The topological polar surface area (TPSA) is 184 Å². The molecule has 1 aliphatic heterocycles. The summed E-state index contributed by atoms with van der Waals surface area (Å²) in [5, 5.41) is 15.7. The molecule has 48 heavy (non-hydrogen) atoms. The van der Waals surface area contributed by atoms with Crippen LogP contribution in [0.5, 0.6) is 0 Å². The van der Waals surface area contributed by atoms with Gasteiger partial charge in [-0.1, -0.05) is 42.5 Å². The standard InChI is InChI=1S/C35H39N7O4S2/c36-31(43)27(18-23-7-5-15-47-23)40-32(44)28(17-22-20-39-26-9-3-2-8-25(22)26)41-33(45)29(42-34(46)35(37)11-13-38-14-12-35)19-24-16-21-6-1-4-10-30(21)48-24/h1-10,15-16,20,27-29,38-39H,11-14,17-19,37H2,(H2,36,43)(H,40,44)(H,41,45)(H,42,46)/t27-,28+,29+/m0/s1. The van der Waals surface area contributed by atoms with Crippen molar-refractivity contribution in [2.24, 2.45) is 11.5 Å². The van der Waals surface area contributed by atoms with Crippen molar-refractivity contribution < 1.29 is 19.2 Å². The molecule has 0 bridgehead atoms. The van der Waals surface area contributed by atoms with Gasteiger partial charge in [-0.25, -0.2) is 0 Å². The number of hydrogen-bond acceptors (Lipinski definition) is 8. The van der Waals surface area contributed by atoms with Gasteiger partial charge in [-0.3, -0.25) is 19.2 Å². The summed E-state index contributed by atoms with van der Waals surface area (Å²) in [5.41, 5.74) is 12.8. The van der Waals surface area contributed by atoms with E-state index in [2.05, 4.69) is 26.3 Å². The Kier molecular flexibility index (Phi) is 10.2. The zero-order chi connectivity index (χ0) is 33.7. The van der Waals surface area contributed by atoms with Crippen molar-refractivity contribution in [1.29, 1.82) is 0 Å². The first kappa shape index (κ1) is 33.3. The Balaban J connectivity index is 1.28. The predicted octanol–water partition coefficient (Wildman–Crippen LogP) is 2.49. The molecule has 0 radical (unpaired) electrons. The molecule has 3 aromatic heterocycles. The molecular formula is C35H39N7O4S2. The fourth-order valence-corrected chi connectivity index (χ4v) is 7.94. The number of aromatic amines is 1. The lowest BCUT2D eigenvalue weighted by Gasteiger charge is -2.34. The normalized spacial score (nSPS) is 16.2. The Bertz CT molecular complexity index is 1880. The van der Waals surface area contributed by atoms with Gasteiger partial charge in [0.1, 0.15) is 18.1 Å². The van der Waals surface area contributed by atoms with E-state index in [1.807, 2.05) is 72.1 Å². The number of aromatic nitrogens is 1. The fourth-order valence-electron chi connectivity index (χ4n) is 6.08. The Morgan fingerprint density at radius 3 is 2.23 bits per heavy atom. The highest BCUT2D eigenvalue weighted by Crippen LogP contribution is 2.27. The number of H-pyrrole nitrogens is 1. The molecule has 1 saturated heterocycles. The van der Waals surface area contributed by atoms with Gasteiger partial charge in [0.25, 0.3) is 0 Å². The van der Waals surface area contributed by atoms with Crippen LogP contribution in [-0.2, 0) is 38.4 Å². The van der Waals surface area contributed by atoms with E-state index in [-0.39, 0.29) is 19.3 Å². The van der Waals surface area contributed by atoms with Gasteiger partial charge in [0, 0.05) is 50.8 Å². The molecule has 5 aromatic rings. The van der Waals surface area contributed by atoms with Crippen LogP contribution in [0.1, 0.15) is 28.2 Å². The first-order valence-electron chi connectivity index (χ1n) is 15.9. The molecule has 0 spiro atoms. The predicted molar refractivity (Wildman–Crippen MR) is 190 cm³/mol. The molecule has 3 atom stereocenters. The van der Waals surface area contributed by atoms with Gasteiger partial charge in [0.05, 0.1) is 5.54 Å².